The third-order valence-electron chi connectivity index (χ3n) is 5.13. The highest BCUT2D eigenvalue weighted by atomic mass is 16.6. The van der Waals surface area contributed by atoms with Crippen LogP contribution in [0.15, 0.2) is 36.4 Å². The maximum atomic E-state index is 13.2. The number of nitro benzene ring substituents is 1. The first-order valence-corrected chi connectivity index (χ1v) is 9.53. The molecule has 9 nitrogen and oxygen atoms in total. The lowest BCUT2D eigenvalue weighted by atomic mass is 10.1. The van der Waals surface area contributed by atoms with Crippen LogP contribution in [0.2, 0.25) is 0 Å². The van der Waals surface area contributed by atoms with Crippen LogP contribution in [-0.2, 0) is 6.54 Å². The number of piperazine rings is 1. The Bertz CT molecular complexity index is 911. The van der Waals surface area contributed by atoms with Gasteiger partial charge in [-0.1, -0.05) is 30.3 Å². The first-order chi connectivity index (χ1) is 14.5. The number of benzene rings is 2. The molecule has 0 unspecified atom stereocenters. The molecule has 0 bridgehead atoms. The molecular formula is C21H25N3O6. The quantitative estimate of drug-likeness (QED) is 0.507. The molecule has 1 heterocycles. The molecule has 1 fully saturated rings. The topological polar surface area (TPSA) is 94.4 Å². The van der Waals surface area contributed by atoms with E-state index in [4.69, 9.17) is 14.2 Å². The molecule has 0 radical (unpaired) electrons. The van der Waals surface area contributed by atoms with Gasteiger partial charge in [-0.25, -0.2) is 0 Å². The van der Waals surface area contributed by atoms with Gasteiger partial charge in [0, 0.05) is 38.8 Å². The number of nitrogens with zero attached hydrogens (tertiary/aromatic N) is 3. The van der Waals surface area contributed by atoms with Crippen LogP contribution in [0, 0.1) is 10.1 Å². The van der Waals surface area contributed by atoms with Crippen LogP contribution >= 0.6 is 0 Å². The van der Waals surface area contributed by atoms with Crippen molar-refractivity contribution >= 4 is 11.6 Å². The average molecular weight is 415 g/mol. The zero-order valence-electron chi connectivity index (χ0n) is 17.3. The minimum Gasteiger partial charge on any atom is -0.493 e. The second-order valence-electron chi connectivity index (χ2n) is 6.85. The van der Waals surface area contributed by atoms with Gasteiger partial charge in [0.05, 0.1) is 26.3 Å². The molecule has 30 heavy (non-hydrogen) atoms. The number of rotatable bonds is 7. The summed E-state index contributed by atoms with van der Waals surface area (Å²) < 4.78 is 15.7. The summed E-state index contributed by atoms with van der Waals surface area (Å²) in [6.07, 6.45) is 0. The molecular weight excluding hydrogens is 390 g/mol. The molecule has 1 amide bonds. The Morgan fingerprint density at radius 2 is 1.63 bits per heavy atom. The van der Waals surface area contributed by atoms with Gasteiger partial charge in [-0.15, -0.1) is 0 Å². The van der Waals surface area contributed by atoms with Crippen LogP contribution in [0.3, 0.4) is 0 Å². The number of carbonyl (C=O) groups excluding carboxylic acids is 1. The van der Waals surface area contributed by atoms with Gasteiger partial charge in [0.15, 0.2) is 5.75 Å². The first kappa shape index (κ1) is 21.4. The molecule has 0 saturated carbocycles. The molecule has 2 aromatic rings. The summed E-state index contributed by atoms with van der Waals surface area (Å²) in [6, 6.07) is 11.5. The number of hydrogen-bond donors (Lipinski definition) is 0. The molecule has 2 aromatic carbocycles. The van der Waals surface area contributed by atoms with Gasteiger partial charge in [-0.2, -0.15) is 0 Å². The number of nitro groups is 1. The fraction of sp³-hybridized carbons (Fsp3) is 0.381. The van der Waals surface area contributed by atoms with E-state index in [1.807, 2.05) is 18.2 Å². The van der Waals surface area contributed by atoms with Crippen molar-refractivity contribution in [3.63, 3.8) is 0 Å². The van der Waals surface area contributed by atoms with Gasteiger partial charge in [0.2, 0.25) is 11.5 Å². The molecule has 1 aliphatic heterocycles. The zero-order chi connectivity index (χ0) is 21.7. The number of methoxy groups -OCH3 is 3. The van der Waals surface area contributed by atoms with E-state index in [9.17, 15) is 14.9 Å². The minimum atomic E-state index is -0.625. The Labute approximate surface area is 174 Å². The third kappa shape index (κ3) is 4.30. The van der Waals surface area contributed by atoms with E-state index in [0.717, 1.165) is 6.54 Å². The van der Waals surface area contributed by atoms with Gasteiger partial charge in [0.25, 0.3) is 5.91 Å². The molecule has 0 aromatic heterocycles. The fourth-order valence-electron chi connectivity index (χ4n) is 3.61. The molecule has 0 N–H and O–H groups in total. The van der Waals surface area contributed by atoms with Crippen molar-refractivity contribution in [1.29, 1.82) is 0 Å². The predicted octanol–water partition coefficient (Wildman–Crippen LogP) is 2.58. The Morgan fingerprint density at radius 1 is 1.00 bits per heavy atom. The second-order valence-corrected chi connectivity index (χ2v) is 6.85. The summed E-state index contributed by atoms with van der Waals surface area (Å²) in [5.41, 5.74) is 0.704. The van der Waals surface area contributed by atoms with Crippen LogP contribution < -0.4 is 14.2 Å². The highest BCUT2D eigenvalue weighted by Gasteiger charge is 2.35. The second kappa shape index (κ2) is 9.45. The molecule has 1 aliphatic rings. The van der Waals surface area contributed by atoms with Crippen LogP contribution in [-0.4, -0.2) is 68.1 Å². The summed E-state index contributed by atoms with van der Waals surface area (Å²) in [5.74, 6) is -0.282. The standard InChI is InChI=1S/C21H25N3O6/c1-28-17-13-16(18(24(26)27)20(30-3)19(17)29-2)21(25)23-11-9-22(10-12-23)14-15-7-5-4-6-8-15/h4-8,13H,9-12,14H2,1-3H3. The Kier molecular flexibility index (Phi) is 6.73. The van der Waals surface area contributed by atoms with Crippen molar-refractivity contribution in [2.45, 2.75) is 6.54 Å². The van der Waals surface area contributed by atoms with E-state index in [1.54, 1.807) is 4.90 Å². The van der Waals surface area contributed by atoms with Gasteiger partial charge < -0.3 is 19.1 Å². The van der Waals surface area contributed by atoms with Gasteiger partial charge >= 0.3 is 5.69 Å². The number of hydrogen-bond acceptors (Lipinski definition) is 7. The summed E-state index contributed by atoms with van der Waals surface area (Å²) in [6.45, 7) is 3.10. The Hall–Kier alpha value is -3.33. The lowest BCUT2D eigenvalue weighted by molar-refractivity contribution is -0.386. The number of carbonyl (C=O) groups is 1. The van der Waals surface area contributed by atoms with Gasteiger partial charge in [0.1, 0.15) is 5.56 Å². The van der Waals surface area contributed by atoms with Crippen LogP contribution in [0.1, 0.15) is 15.9 Å². The summed E-state index contributed by atoms with van der Waals surface area (Å²) in [5, 5.41) is 11.8. The third-order valence-corrected chi connectivity index (χ3v) is 5.13. The average Bonchev–Trinajstić information content (AvgIpc) is 2.78. The van der Waals surface area contributed by atoms with E-state index < -0.39 is 16.5 Å². The lowest BCUT2D eigenvalue weighted by Gasteiger charge is -2.34. The summed E-state index contributed by atoms with van der Waals surface area (Å²) in [4.78, 5) is 28.2. The zero-order valence-corrected chi connectivity index (χ0v) is 17.3. The molecule has 0 spiro atoms. The molecule has 0 atom stereocenters. The lowest BCUT2D eigenvalue weighted by Crippen LogP contribution is -2.48. The SMILES string of the molecule is COc1cc(C(=O)N2CCN(Cc3ccccc3)CC2)c([N+](=O)[O-])c(OC)c1OC. The van der Waals surface area contributed by atoms with Crippen LogP contribution in [0.5, 0.6) is 17.2 Å². The normalized spacial score (nSPS) is 14.3. The maximum Gasteiger partial charge on any atom is 0.327 e. The van der Waals surface area contributed by atoms with Crippen molar-refractivity contribution in [3.05, 3.63) is 57.6 Å². The first-order valence-electron chi connectivity index (χ1n) is 9.53. The van der Waals surface area contributed by atoms with Crippen molar-refractivity contribution in [3.8, 4) is 17.2 Å². The van der Waals surface area contributed by atoms with Crippen molar-refractivity contribution < 1.29 is 23.9 Å². The van der Waals surface area contributed by atoms with E-state index >= 15 is 0 Å². The largest absolute Gasteiger partial charge is 0.493 e. The highest BCUT2D eigenvalue weighted by Crippen LogP contribution is 2.46. The van der Waals surface area contributed by atoms with E-state index in [2.05, 4.69) is 17.0 Å². The molecule has 160 valence electrons. The van der Waals surface area contributed by atoms with Crippen LogP contribution in [0.25, 0.3) is 0 Å². The molecule has 0 aliphatic carbocycles. The Balaban J connectivity index is 1.82. The predicted molar refractivity (Wildman–Crippen MR) is 110 cm³/mol. The molecule has 9 heteroatoms. The van der Waals surface area contributed by atoms with Crippen molar-refractivity contribution in [1.82, 2.24) is 9.80 Å². The highest BCUT2D eigenvalue weighted by molar-refractivity contribution is 6.00. The molecule has 3 rings (SSSR count). The van der Waals surface area contributed by atoms with Crippen LogP contribution in [0.4, 0.5) is 5.69 Å². The van der Waals surface area contributed by atoms with E-state index in [1.165, 1.54) is 33.0 Å². The maximum absolute atomic E-state index is 13.2. The summed E-state index contributed by atoms with van der Waals surface area (Å²) >= 11 is 0. The fourth-order valence-corrected chi connectivity index (χ4v) is 3.61. The minimum absolute atomic E-state index is 0.0778. The monoisotopic (exact) mass is 415 g/mol. The van der Waals surface area contributed by atoms with Crippen molar-refractivity contribution in [2.24, 2.45) is 0 Å². The smallest absolute Gasteiger partial charge is 0.327 e. The van der Waals surface area contributed by atoms with Gasteiger partial charge in [-0.05, 0) is 5.56 Å². The molecule has 1 saturated heterocycles. The summed E-state index contributed by atoms with van der Waals surface area (Å²) in [7, 11) is 4.05. The number of amides is 1. The van der Waals surface area contributed by atoms with E-state index in [-0.39, 0.29) is 22.8 Å². The van der Waals surface area contributed by atoms with Gasteiger partial charge in [-0.3, -0.25) is 19.8 Å². The Morgan fingerprint density at radius 3 is 2.17 bits per heavy atom. The number of ether oxygens (including phenoxy) is 3. The van der Waals surface area contributed by atoms with E-state index in [0.29, 0.717) is 26.2 Å². The van der Waals surface area contributed by atoms with Crippen molar-refractivity contribution in [2.75, 3.05) is 47.5 Å².